The predicted octanol–water partition coefficient (Wildman–Crippen LogP) is 3.37. The molecule has 0 aliphatic heterocycles. The largest absolute Gasteiger partial charge is 0.497 e. The first-order chi connectivity index (χ1) is 9.01. The van der Waals surface area contributed by atoms with Crippen LogP contribution in [0.25, 0.3) is 0 Å². The minimum absolute atomic E-state index is 0.0874. The lowest BCUT2D eigenvalue weighted by atomic mass is 9.86. The molecule has 1 rings (SSSR count). The average molecular weight is 308 g/mol. The zero-order chi connectivity index (χ0) is 15.6. The molecule has 0 aliphatic rings. The molecule has 3 nitrogen and oxygen atoms in total. The van der Waals surface area contributed by atoms with Crippen molar-refractivity contribution < 1.29 is 26.4 Å². The highest BCUT2D eigenvalue weighted by atomic mass is 32.2. The number of halogens is 3. The maximum atomic E-state index is 11.9. The second kappa shape index (κ2) is 6.05. The van der Waals surface area contributed by atoms with E-state index in [-0.39, 0.29) is 11.0 Å². The summed E-state index contributed by atoms with van der Waals surface area (Å²) >= 11 is -3.47. The Bertz CT molecular complexity index is 501. The molecule has 1 aromatic carbocycles. The summed E-state index contributed by atoms with van der Waals surface area (Å²) in [5, 5.41) is 0. The lowest BCUT2D eigenvalue weighted by Crippen LogP contribution is -2.21. The van der Waals surface area contributed by atoms with Crippen molar-refractivity contribution in [2.24, 2.45) is 0 Å². The Morgan fingerprint density at radius 1 is 1.15 bits per heavy atom. The SMILES string of the molecule is CC(C)(C)c1ccc(C(=O)COS(=O)C(F)(F)F)cc1. The lowest BCUT2D eigenvalue weighted by molar-refractivity contribution is -0.0467. The van der Waals surface area contributed by atoms with Gasteiger partial charge in [-0.25, -0.2) is 4.21 Å². The van der Waals surface area contributed by atoms with Gasteiger partial charge in [0.25, 0.3) is 11.1 Å². The van der Waals surface area contributed by atoms with Crippen LogP contribution >= 0.6 is 0 Å². The van der Waals surface area contributed by atoms with Crippen LogP contribution in [0, 0.1) is 0 Å². The third-order valence-electron chi connectivity index (χ3n) is 2.56. The Morgan fingerprint density at radius 3 is 2.05 bits per heavy atom. The van der Waals surface area contributed by atoms with Crippen molar-refractivity contribution in [2.45, 2.75) is 31.7 Å². The molecule has 0 spiro atoms. The summed E-state index contributed by atoms with van der Waals surface area (Å²) in [6.07, 6.45) is 0. The van der Waals surface area contributed by atoms with Crippen molar-refractivity contribution in [1.29, 1.82) is 0 Å². The summed E-state index contributed by atoms with van der Waals surface area (Å²) in [4.78, 5) is 11.6. The van der Waals surface area contributed by atoms with Crippen LogP contribution in [-0.4, -0.2) is 22.1 Å². The van der Waals surface area contributed by atoms with E-state index < -0.39 is 29.0 Å². The first kappa shape index (κ1) is 16.8. The molecule has 112 valence electrons. The molecular formula is C13H15F3O3S. The van der Waals surface area contributed by atoms with Gasteiger partial charge in [-0.3, -0.25) is 8.98 Å². The monoisotopic (exact) mass is 308 g/mol. The van der Waals surface area contributed by atoms with Crippen molar-refractivity contribution >= 4 is 16.9 Å². The van der Waals surface area contributed by atoms with E-state index in [4.69, 9.17) is 0 Å². The van der Waals surface area contributed by atoms with E-state index in [1.165, 1.54) is 12.1 Å². The molecule has 0 N–H and O–H groups in total. The van der Waals surface area contributed by atoms with Gasteiger partial charge >= 0.3 is 5.51 Å². The molecule has 0 saturated heterocycles. The molecule has 7 heteroatoms. The minimum Gasteiger partial charge on any atom is -0.292 e. The highest BCUT2D eigenvalue weighted by Crippen LogP contribution is 2.23. The summed E-state index contributed by atoms with van der Waals surface area (Å²) in [7, 11) is 0. The molecule has 1 atom stereocenters. The van der Waals surface area contributed by atoms with Crippen LogP contribution in [-0.2, 0) is 20.7 Å². The summed E-state index contributed by atoms with van der Waals surface area (Å²) < 4.78 is 50.5. The summed E-state index contributed by atoms with van der Waals surface area (Å²) in [6.45, 7) is 5.12. The molecule has 0 fully saturated rings. The van der Waals surface area contributed by atoms with Crippen molar-refractivity contribution in [1.82, 2.24) is 0 Å². The highest BCUT2D eigenvalue weighted by Gasteiger charge is 2.39. The number of carbonyl (C=O) groups is 1. The number of hydrogen-bond donors (Lipinski definition) is 0. The molecule has 0 radical (unpaired) electrons. The third-order valence-corrected chi connectivity index (χ3v) is 3.27. The average Bonchev–Trinajstić information content (AvgIpc) is 2.33. The van der Waals surface area contributed by atoms with Gasteiger partial charge < -0.3 is 0 Å². The molecular weight excluding hydrogens is 293 g/mol. The van der Waals surface area contributed by atoms with Crippen LogP contribution in [0.5, 0.6) is 0 Å². The second-order valence-electron chi connectivity index (χ2n) is 5.19. The van der Waals surface area contributed by atoms with Crippen molar-refractivity contribution in [3.05, 3.63) is 35.4 Å². The van der Waals surface area contributed by atoms with Gasteiger partial charge in [-0.05, 0) is 11.0 Å². The minimum atomic E-state index is -4.98. The molecule has 0 aliphatic carbocycles. The number of alkyl halides is 3. The van der Waals surface area contributed by atoms with Crippen molar-refractivity contribution in [3.63, 3.8) is 0 Å². The van der Waals surface area contributed by atoms with E-state index in [2.05, 4.69) is 4.18 Å². The number of Topliss-reactive ketones (excluding diaryl/α,β-unsaturated/α-hetero) is 1. The van der Waals surface area contributed by atoms with Gasteiger partial charge in [0.15, 0.2) is 5.78 Å². The van der Waals surface area contributed by atoms with Crippen LogP contribution in [0.3, 0.4) is 0 Å². The molecule has 0 amide bonds. The normalized spacial score (nSPS) is 14.1. The van der Waals surface area contributed by atoms with E-state index in [1.54, 1.807) is 12.1 Å². The molecule has 0 heterocycles. The van der Waals surface area contributed by atoms with E-state index in [1.807, 2.05) is 20.8 Å². The Labute approximate surface area is 117 Å². The first-order valence-electron chi connectivity index (χ1n) is 5.77. The van der Waals surface area contributed by atoms with Crippen LogP contribution in [0.2, 0.25) is 0 Å². The van der Waals surface area contributed by atoms with E-state index >= 15 is 0 Å². The predicted molar refractivity (Wildman–Crippen MR) is 69.6 cm³/mol. The number of carbonyl (C=O) groups excluding carboxylic acids is 1. The Kier molecular flexibility index (Phi) is 5.10. The topological polar surface area (TPSA) is 43.4 Å². The maximum Gasteiger partial charge on any atom is 0.497 e. The third kappa shape index (κ3) is 4.72. The van der Waals surface area contributed by atoms with Crippen LogP contribution in [0.4, 0.5) is 13.2 Å². The second-order valence-corrected chi connectivity index (χ2v) is 6.36. The molecule has 20 heavy (non-hydrogen) atoms. The molecule has 1 aromatic rings. The highest BCUT2D eigenvalue weighted by molar-refractivity contribution is 7.81. The molecule has 0 aromatic heterocycles. The zero-order valence-corrected chi connectivity index (χ0v) is 12.1. The summed E-state index contributed by atoms with van der Waals surface area (Å²) in [5.41, 5.74) is -3.85. The quantitative estimate of drug-likeness (QED) is 0.801. The van der Waals surface area contributed by atoms with Gasteiger partial charge in [-0.2, -0.15) is 13.2 Å². The van der Waals surface area contributed by atoms with Gasteiger partial charge in [0.2, 0.25) is 0 Å². The first-order valence-corrected chi connectivity index (χ1v) is 6.85. The Balaban J connectivity index is 2.68. The number of hydrogen-bond acceptors (Lipinski definition) is 3. The fraction of sp³-hybridized carbons (Fsp3) is 0.462. The van der Waals surface area contributed by atoms with Gasteiger partial charge in [0.1, 0.15) is 6.61 Å². The zero-order valence-electron chi connectivity index (χ0n) is 11.3. The Hall–Kier alpha value is -1.21. The number of ketones is 1. The smallest absolute Gasteiger partial charge is 0.292 e. The van der Waals surface area contributed by atoms with Crippen molar-refractivity contribution in [3.8, 4) is 0 Å². The number of benzene rings is 1. The van der Waals surface area contributed by atoms with Gasteiger partial charge in [-0.1, -0.05) is 45.0 Å². The maximum absolute atomic E-state index is 11.9. The van der Waals surface area contributed by atoms with Crippen LogP contribution < -0.4 is 0 Å². The van der Waals surface area contributed by atoms with Gasteiger partial charge in [0, 0.05) is 5.56 Å². The van der Waals surface area contributed by atoms with Crippen molar-refractivity contribution in [2.75, 3.05) is 6.61 Å². The van der Waals surface area contributed by atoms with Gasteiger partial charge in [-0.15, -0.1) is 0 Å². The molecule has 0 bridgehead atoms. The Morgan fingerprint density at radius 2 is 1.65 bits per heavy atom. The molecule has 1 unspecified atom stereocenters. The van der Waals surface area contributed by atoms with E-state index in [9.17, 15) is 22.2 Å². The summed E-state index contributed by atoms with van der Waals surface area (Å²) in [5.74, 6) is -0.650. The van der Waals surface area contributed by atoms with Crippen LogP contribution in [0.15, 0.2) is 24.3 Å². The van der Waals surface area contributed by atoms with Gasteiger partial charge in [0.05, 0.1) is 0 Å². The fourth-order valence-electron chi connectivity index (χ4n) is 1.41. The standard InChI is InChI=1S/C13H15F3O3S/c1-12(2,3)10-6-4-9(5-7-10)11(17)8-19-20(18)13(14,15)16/h4-7H,8H2,1-3H3. The lowest BCUT2D eigenvalue weighted by Gasteiger charge is -2.18. The van der Waals surface area contributed by atoms with E-state index in [0.29, 0.717) is 0 Å². The molecule has 0 saturated carbocycles. The summed E-state index contributed by atoms with van der Waals surface area (Å²) in [6, 6.07) is 6.49. The van der Waals surface area contributed by atoms with Crippen LogP contribution in [0.1, 0.15) is 36.7 Å². The fourth-order valence-corrected chi connectivity index (χ4v) is 1.76. The van der Waals surface area contributed by atoms with E-state index in [0.717, 1.165) is 5.56 Å². The number of rotatable bonds is 4.